The predicted molar refractivity (Wildman–Crippen MR) is 98.0 cm³/mol. The van der Waals surface area contributed by atoms with Crippen LogP contribution in [0.1, 0.15) is 18.9 Å². The van der Waals surface area contributed by atoms with Crippen LogP contribution in [0.3, 0.4) is 0 Å². The van der Waals surface area contributed by atoms with Crippen LogP contribution in [0.5, 0.6) is 0 Å². The molecule has 1 fully saturated rings. The van der Waals surface area contributed by atoms with Crippen LogP contribution in [0.25, 0.3) is 0 Å². The number of nitrogens with one attached hydrogen (secondary N) is 1. The lowest BCUT2D eigenvalue weighted by Gasteiger charge is -2.34. The third-order valence-corrected chi connectivity index (χ3v) is 5.81. The van der Waals surface area contributed by atoms with Crippen LogP contribution < -0.4 is 4.72 Å². The molecule has 146 valence electrons. The molecule has 2 aliphatic heterocycles. The van der Waals surface area contributed by atoms with Gasteiger partial charge in [-0.15, -0.1) is 0 Å². The number of aliphatic imine (C=N–C) groups is 1. The molecule has 2 aliphatic rings. The summed E-state index contributed by atoms with van der Waals surface area (Å²) in [6.07, 6.45) is -0.185. The fourth-order valence-electron chi connectivity index (χ4n) is 3.03. The van der Waals surface area contributed by atoms with E-state index in [2.05, 4.69) is 9.71 Å². The van der Waals surface area contributed by atoms with Crippen LogP contribution >= 0.6 is 0 Å². The molecule has 0 aromatic heterocycles. The van der Waals surface area contributed by atoms with Crippen molar-refractivity contribution in [2.75, 3.05) is 39.3 Å². The average Bonchev–Trinajstić information content (AvgIpc) is 2.93. The van der Waals surface area contributed by atoms with Crippen molar-refractivity contribution >= 4 is 27.9 Å². The molecule has 0 atom stereocenters. The van der Waals surface area contributed by atoms with E-state index in [1.165, 1.54) is 6.07 Å². The number of amides is 2. The Morgan fingerprint density at radius 3 is 2.52 bits per heavy atom. The average molecular weight is 394 g/mol. The van der Waals surface area contributed by atoms with Gasteiger partial charge in [0, 0.05) is 38.2 Å². The Bertz CT molecular complexity index is 860. The quantitative estimate of drug-likeness (QED) is 0.796. The highest BCUT2D eigenvalue weighted by atomic mass is 32.2. The van der Waals surface area contributed by atoms with E-state index in [-0.39, 0.29) is 35.7 Å². The van der Waals surface area contributed by atoms with Gasteiger partial charge in [-0.25, -0.2) is 13.2 Å². The van der Waals surface area contributed by atoms with Crippen molar-refractivity contribution in [2.24, 2.45) is 4.99 Å². The van der Waals surface area contributed by atoms with Gasteiger partial charge in [-0.3, -0.25) is 14.5 Å². The molecule has 9 nitrogen and oxygen atoms in total. The molecule has 1 aromatic carbocycles. The second-order valence-electron chi connectivity index (χ2n) is 6.15. The van der Waals surface area contributed by atoms with E-state index in [0.717, 1.165) is 0 Å². The summed E-state index contributed by atoms with van der Waals surface area (Å²) in [5.41, 5.74) is 0.521. The summed E-state index contributed by atoms with van der Waals surface area (Å²) in [6, 6.07) is 6.60. The van der Waals surface area contributed by atoms with Crippen LogP contribution in [-0.2, 0) is 19.6 Å². The Kier molecular flexibility index (Phi) is 5.64. The number of fused-ring (bicyclic) bond motifs is 1. The monoisotopic (exact) mass is 394 g/mol. The first-order chi connectivity index (χ1) is 12.9. The molecular weight excluding hydrogens is 372 g/mol. The van der Waals surface area contributed by atoms with E-state index in [0.29, 0.717) is 38.3 Å². The summed E-state index contributed by atoms with van der Waals surface area (Å²) in [7, 11) is -3.57. The van der Waals surface area contributed by atoms with Gasteiger partial charge < -0.3 is 14.5 Å². The fraction of sp³-hybridized carbons (Fsp3) is 0.471. The SMILES string of the molecule is CCOC(=O)N1CCN(C(=O)CCN=C2NS(=O)(=O)c3ccccc32)CC1. The van der Waals surface area contributed by atoms with E-state index < -0.39 is 10.0 Å². The lowest BCUT2D eigenvalue weighted by Crippen LogP contribution is -2.50. The van der Waals surface area contributed by atoms with Gasteiger partial charge in [0.2, 0.25) is 5.91 Å². The maximum atomic E-state index is 12.3. The number of hydrogen-bond acceptors (Lipinski definition) is 6. The smallest absolute Gasteiger partial charge is 0.409 e. The molecule has 1 saturated heterocycles. The van der Waals surface area contributed by atoms with Gasteiger partial charge in [0.15, 0.2) is 0 Å². The molecule has 0 unspecified atom stereocenters. The number of carbonyl (C=O) groups is 2. The van der Waals surface area contributed by atoms with Crippen LogP contribution in [0.2, 0.25) is 0 Å². The van der Waals surface area contributed by atoms with Gasteiger partial charge in [-0.1, -0.05) is 12.1 Å². The molecule has 0 saturated carbocycles. The highest BCUT2D eigenvalue weighted by molar-refractivity contribution is 7.90. The standard InChI is InChI=1S/C17H22N4O5S/c1-2-26-17(23)21-11-9-20(10-12-21)15(22)7-8-18-16-13-5-3-4-6-14(13)27(24,25)19-16/h3-6H,2,7-12H2,1H3,(H,18,19). The normalized spacial score (nSPS) is 19.5. The van der Waals surface area contributed by atoms with Crippen molar-refractivity contribution < 1.29 is 22.7 Å². The molecule has 0 bridgehead atoms. The first-order valence-corrected chi connectivity index (χ1v) is 10.3. The lowest BCUT2D eigenvalue weighted by atomic mass is 10.2. The van der Waals surface area contributed by atoms with Crippen molar-refractivity contribution in [2.45, 2.75) is 18.2 Å². The molecule has 2 amide bonds. The first-order valence-electron chi connectivity index (χ1n) is 8.78. The van der Waals surface area contributed by atoms with E-state index in [9.17, 15) is 18.0 Å². The summed E-state index contributed by atoms with van der Waals surface area (Å²) in [6.45, 7) is 4.03. The zero-order valence-corrected chi connectivity index (χ0v) is 15.9. The predicted octanol–water partition coefficient (Wildman–Crippen LogP) is 0.416. The van der Waals surface area contributed by atoms with Gasteiger partial charge in [-0.2, -0.15) is 0 Å². The third kappa shape index (κ3) is 4.21. The molecule has 1 N–H and O–H groups in total. The minimum atomic E-state index is -3.57. The second kappa shape index (κ2) is 7.95. The Hall–Kier alpha value is -2.62. The Balaban J connectivity index is 1.52. The van der Waals surface area contributed by atoms with Crippen molar-refractivity contribution in [3.63, 3.8) is 0 Å². The summed E-state index contributed by atoms with van der Waals surface area (Å²) in [4.78, 5) is 31.7. The summed E-state index contributed by atoms with van der Waals surface area (Å²) in [5.74, 6) is 0.197. The number of piperazine rings is 1. The molecule has 0 radical (unpaired) electrons. The molecule has 0 aliphatic carbocycles. The highest BCUT2D eigenvalue weighted by Crippen LogP contribution is 2.22. The number of carbonyl (C=O) groups excluding carboxylic acids is 2. The van der Waals surface area contributed by atoms with Gasteiger partial charge in [0.05, 0.1) is 18.0 Å². The highest BCUT2D eigenvalue weighted by Gasteiger charge is 2.30. The number of amidine groups is 1. The maximum absolute atomic E-state index is 12.3. The zero-order valence-electron chi connectivity index (χ0n) is 15.1. The van der Waals surface area contributed by atoms with Crippen LogP contribution in [0.15, 0.2) is 34.2 Å². The summed E-state index contributed by atoms with van der Waals surface area (Å²) < 4.78 is 31.4. The van der Waals surface area contributed by atoms with Crippen molar-refractivity contribution in [1.29, 1.82) is 0 Å². The molecule has 27 heavy (non-hydrogen) atoms. The number of sulfonamides is 1. The largest absolute Gasteiger partial charge is 0.450 e. The van der Waals surface area contributed by atoms with Crippen LogP contribution in [0.4, 0.5) is 4.79 Å². The van der Waals surface area contributed by atoms with Crippen molar-refractivity contribution in [1.82, 2.24) is 14.5 Å². The molecule has 10 heteroatoms. The van der Waals surface area contributed by atoms with Crippen molar-refractivity contribution in [3.05, 3.63) is 29.8 Å². The van der Waals surface area contributed by atoms with Crippen LogP contribution in [0, 0.1) is 0 Å². The fourth-order valence-corrected chi connectivity index (χ4v) is 4.28. The van der Waals surface area contributed by atoms with Gasteiger partial charge in [-0.05, 0) is 19.1 Å². The summed E-state index contributed by atoms with van der Waals surface area (Å²) >= 11 is 0. The lowest BCUT2D eigenvalue weighted by molar-refractivity contribution is -0.132. The molecule has 1 aromatic rings. The Morgan fingerprint density at radius 2 is 1.81 bits per heavy atom. The minimum absolute atomic E-state index is 0.0722. The molecular formula is C17H22N4O5S. The first kappa shape index (κ1) is 19.2. The zero-order chi connectivity index (χ0) is 19.4. The third-order valence-electron chi connectivity index (χ3n) is 4.42. The summed E-state index contributed by atoms with van der Waals surface area (Å²) in [5, 5.41) is 0. The molecule has 2 heterocycles. The number of rotatable bonds is 4. The van der Waals surface area contributed by atoms with E-state index >= 15 is 0 Å². The number of nitrogens with zero attached hydrogens (tertiary/aromatic N) is 3. The van der Waals surface area contributed by atoms with Gasteiger partial charge >= 0.3 is 6.09 Å². The van der Waals surface area contributed by atoms with E-state index in [1.54, 1.807) is 34.9 Å². The van der Waals surface area contributed by atoms with Gasteiger partial charge in [0.1, 0.15) is 5.84 Å². The van der Waals surface area contributed by atoms with Crippen molar-refractivity contribution in [3.8, 4) is 0 Å². The maximum Gasteiger partial charge on any atom is 0.409 e. The Morgan fingerprint density at radius 1 is 1.15 bits per heavy atom. The molecule has 3 rings (SSSR count). The van der Waals surface area contributed by atoms with E-state index in [4.69, 9.17) is 4.74 Å². The van der Waals surface area contributed by atoms with E-state index in [1.807, 2.05) is 0 Å². The number of hydrogen-bond donors (Lipinski definition) is 1. The number of benzene rings is 1. The minimum Gasteiger partial charge on any atom is -0.450 e. The Labute approximate surface area is 158 Å². The molecule has 0 spiro atoms. The second-order valence-corrected chi connectivity index (χ2v) is 7.80. The number of ether oxygens (including phenoxy) is 1. The van der Waals surface area contributed by atoms with Gasteiger partial charge in [0.25, 0.3) is 10.0 Å². The van der Waals surface area contributed by atoms with Crippen LogP contribution in [-0.4, -0.2) is 75.4 Å². The topological polar surface area (TPSA) is 108 Å².